The van der Waals surface area contributed by atoms with Gasteiger partial charge in [-0.1, -0.05) is 12.1 Å². The van der Waals surface area contributed by atoms with Crippen molar-refractivity contribution in [3.63, 3.8) is 0 Å². The maximum Gasteiger partial charge on any atom is 0.177 e. The number of nitriles is 2. The summed E-state index contributed by atoms with van der Waals surface area (Å²) in [7, 11) is 0. The van der Waals surface area contributed by atoms with Crippen molar-refractivity contribution in [1.29, 1.82) is 10.5 Å². The van der Waals surface area contributed by atoms with Gasteiger partial charge in [0.15, 0.2) is 11.4 Å². The molecule has 0 bridgehead atoms. The summed E-state index contributed by atoms with van der Waals surface area (Å²) in [4.78, 5) is 7.68. The van der Waals surface area contributed by atoms with Crippen molar-refractivity contribution in [3.8, 4) is 23.4 Å². The van der Waals surface area contributed by atoms with Gasteiger partial charge in [0, 0.05) is 5.56 Å². The zero-order valence-corrected chi connectivity index (χ0v) is 8.55. The molecule has 17 heavy (non-hydrogen) atoms. The van der Waals surface area contributed by atoms with Crippen molar-refractivity contribution in [2.45, 2.75) is 0 Å². The molecule has 0 N–H and O–H groups in total. The number of benzene rings is 1. The molecule has 2 rings (SSSR count). The highest BCUT2D eigenvalue weighted by Crippen LogP contribution is 2.20. The van der Waals surface area contributed by atoms with Crippen LogP contribution in [-0.2, 0) is 0 Å². The van der Waals surface area contributed by atoms with E-state index >= 15 is 0 Å². The van der Waals surface area contributed by atoms with Gasteiger partial charge in [-0.2, -0.15) is 10.5 Å². The Bertz CT molecular complexity index is 652. The van der Waals surface area contributed by atoms with Crippen LogP contribution in [0.2, 0.25) is 0 Å². The maximum atomic E-state index is 13.5. The molecule has 1 aromatic carbocycles. The highest BCUT2D eigenvalue weighted by molar-refractivity contribution is 5.60. The van der Waals surface area contributed by atoms with Crippen LogP contribution in [0.1, 0.15) is 11.4 Å². The fraction of sp³-hybridized carbons (Fsp3) is 0. The summed E-state index contributed by atoms with van der Waals surface area (Å²) in [5, 5.41) is 17.5. The molecule has 0 saturated carbocycles. The van der Waals surface area contributed by atoms with Crippen LogP contribution in [0.25, 0.3) is 11.3 Å². The predicted octanol–water partition coefficient (Wildman–Crippen LogP) is 2.03. The van der Waals surface area contributed by atoms with Crippen LogP contribution in [0.15, 0.2) is 30.5 Å². The molecule has 0 radical (unpaired) electrons. The smallest absolute Gasteiger partial charge is 0.177 e. The Morgan fingerprint density at radius 3 is 2.41 bits per heavy atom. The van der Waals surface area contributed by atoms with Crippen molar-refractivity contribution in [2.24, 2.45) is 0 Å². The molecule has 0 fully saturated rings. The van der Waals surface area contributed by atoms with Gasteiger partial charge in [0.05, 0.1) is 11.9 Å². The Hall–Kier alpha value is -2.79. The van der Waals surface area contributed by atoms with Gasteiger partial charge < -0.3 is 0 Å². The van der Waals surface area contributed by atoms with Gasteiger partial charge in [-0.05, 0) is 12.1 Å². The van der Waals surface area contributed by atoms with E-state index < -0.39 is 5.82 Å². The number of hydrogen-bond acceptors (Lipinski definition) is 4. The van der Waals surface area contributed by atoms with Crippen molar-refractivity contribution in [1.82, 2.24) is 9.97 Å². The molecule has 0 atom stereocenters. The van der Waals surface area contributed by atoms with Crippen LogP contribution in [0.5, 0.6) is 0 Å². The standard InChI is InChI=1S/C12H5FN4/c13-9-4-2-1-3-8(9)12-7-16-10(5-14)11(6-15)17-12/h1-4,7H. The van der Waals surface area contributed by atoms with E-state index in [4.69, 9.17) is 10.5 Å². The summed E-state index contributed by atoms with van der Waals surface area (Å²) >= 11 is 0. The molecule has 4 nitrogen and oxygen atoms in total. The molecule has 0 aliphatic rings. The molecule has 0 aliphatic carbocycles. The second-order valence-electron chi connectivity index (χ2n) is 3.16. The lowest BCUT2D eigenvalue weighted by atomic mass is 10.1. The van der Waals surface area contributed by atoms with Gasteiger partial charge >= 0.3 is 0 Å². The minimum atomic E-state index is -0.449. The Morgan fingerprint density at radius 1 is 1.06 bits per heavy atom. The van der Waals surface area contributed by atoms with Gasteiger partial charge in [-0.15, -0.1) is 0 Å². The largest absolute Gasteiger partial charge is 0.240 e. The topological polar surface area (TPSA) is 73.4 Å². The lowest BCUT2D eigenvalue weighted by Gasteiger charge is -2.02. The average molecular weight is 224 g/mol. The predicted molar refractivity (Wildman–Crippen MR) is 56.9 cm³/mol. The van der Waals surface area contributed by atoms with E-state index in [0.29, 0.717) is 0 Å². The molecule has 5 heteroatoms. The third-order valence-electron chi connectivity index (χ3n) is 2.13. The number of halogens is 1. The molecule has 1 heterocycles. The van der Waals surface area contributed by atoms with E-state index in [0.717, 1.165) is 0 Å². The third-order valence-corrected chi connectivity index (χ3v) is 2.13. The first-order valence-corrected chi connectivity index (χ1v) is 4.68. The van der Waals surface area contributed by atoms with Crippen LogP contribution in [0.4, 0.5) is 4.39 Å². The first kappa shape index (κ1) is 10.7. The van der Waals surface area contributed by atoms with Crippen molar-refractivity contribution >= 4 is 0 Å². The summed E-state index contributed by atoms with van der Waals surface area (Å²) in [5.41, 5.74) is 0.320. The second-order valence-corrected chi connectivity index (χ2v) is 3.16. The molecule has 0 unspecified atom stereocenters. The zero-order valence-electron chi connectivity index (χ0n) is 8.55. The Balaban J connectivity index is 2.61. The van der Waals surface area contributed by atoms with E-state index in [9.17, 15) is 4.39 Å². The van der Waals surface area contributed by atoms with Crippen LogP contribution in [0, 0.1) is 28.5 Å². The normalized spacial score (nSPS) is 9.35. The molecule has 0 amide bonds. The summed E-state index contributed by atoms with van der Waals surface area (Å²) in [6, 6.07) is 9.55. The second kappa shape index (κ2) is 4.38. The quantitative estimate of drug-likeness (QED) is 0.742. The van der Waals surface area contributed by atoms with Gasteiger partial charge in [-0.25, -0.2) is 14.4 Å². The maximum absolute atomic E-state index is 13.5. The first-order valence-electron chi connectivity index (χ1n) is 4.68. The Morgan fingerprint density at radius 2 is 1.76 bits per heavy atom. The van der Waals surface area contributed by atoms with Gasteiger partial charge in [0.25, 0.3) is 0 Å². The monoisotopic (exact) mass is 224 g/mol. The van der Waals surface area contributed by atoms with Gasteiger partial charge in [0.2, 0.25) is 0 Å². The molecule has 0 saturated heterocycles. The van der Waals surface area contributed by atoms with E-state index in [-0.39, 0.29) is 22.6 Å². The summed E-state index contributed by atoms with van der Waals surface area (Å²) in [5.74, 6) is -0.449. The Labute approximate surface area is 96.6 Å². The fourth-order valence-corrected chi connectivity index (χ4v) is 1.35. The van der Waals surface area contributed by atoms with Crippen LogP contribution in [0.3, 0.4) is 0 Å². The summed E-state index contributed by atoms with van der Waals surface area (Å²) in [6.45, 7) is 0. The molecule has 1 aromatic heterocycles. The first-order chi connectivity index (χ1) is 8.26. The highest BCUT2D eigenvalue weighted by Gasteiger charge is 2.10. The fourth-order valence-electron chi connectivity index (χ4n) is 1.35. The van der Waals surface area contributed by atoms with E-state index in [1.54, 1.807) is 24.3 Å². The number of hydrogen-bond donors (Lipinski definition) is 0. The van der Waals surface area contributed by atoms with Crippen LogP contribution < -0.4 is 0 Å². The Kier molecular flexibility index (Phi) is 2.76. The summed E-state index contributed by atoms with van der Waals surface area (Å²) < 4.78 is 13.5. The van der Waals surface area contributed by atoms with Crippen molar-refractivity contribution in [3.05, 3.63) is 47.7 Å². The lowest BCUT2D eigenvalue weighted by Crippen LogP contribution is -1.97. The lowest BCUT2D eigenvalue weighted by molar-refractivity contribution is 0.630. The van der Waals surface area contributed by atoms with E-state index in [1.165, 1.54) is 18.3 Å². The van der Waals surface area contributed by atoms with Crippen molar-refractivity contribution in [2.75, 3.05) is 0 Å². The minimum Gasteiger partial charge on any atom is -0.240 e. The molecule has 0 spiro atoms. The molecule has 0 aliphatic heterocycles. The van der Waals surface area contributed by atoms with Crippen LogP contribution >= 0.6 is 0 Å². The SMILES string of the molecule is N#Cc1ncc(-c2ccccc2F)nc1C#N. The van der Waals surface area contributed by atoms with Gasteiger partial charge in [0.1, 0.15) is 18.0 Å². The molecule has 2 aromatic rings. The van der Waals surface area contributed by atoms with E-state index in [1.807, 2.05) is 0 Å². The zero-order chi connectivity index (χ0) is 12.3. The molecular formula is C12H5FN4. The number of rotatable bonds is 1. The van der Waals surface area contributed by atoms with Gasteiger partial charge in [-0.3, -0.25) is 0 Å². The van der Waals surface area contributed by atoms with Crippen LogP contribution in [-0.4, -0.2) is 9.97 Å². The number of nitrogens with zero attached hydrogens (tertiary/aromatic N) is 4. The molecule has 80 valence electrons. The highest BCUT2D eigenvalue weighted by atomic mass is 19.1. The summed E-state index contributed by atoms with van der Waals surface area (Å²) in [6.07, 6.45) is 1.28. The van der Waals surface area contributed by atoms with E-state index in [2.05, 4.69) is 9.97 Å². The average Bonchev–Trinajstić information content (AvgIpc) is 2.38. The minimum absolute atomic E-state index is 0.0624. The van der Waals surface area contributed by atoms with Crippen molar-refractivity contribution < 1.29 is 4.39 Å². The molecular weight excluding hydrogens is 219 g/mol. The number of aromatic nitrogens is 2. The third kappa shape index (κ3) is 1.95.